The van der Waals surface area contributed by atoms with Crippen molar-refractivity contribution < 1.29 is 19.1 Å². The van der Waals surface area contributed by atoms with Gasteiger partial charge in [0.05, 0.1) is 5.69 Å². The summed E-state index contributed by atoms with van der Waals surface area (Å²) in [7, 11) is 0. The quantitative estimate of drug-likeness (QED) is 0.878. The Labute approximate surface area is 118 Å². The third-order valence-electron chi connectivity index (χ3n) is 2.58. The molecule has 19 heavy (non-hydrogen) atoms. The van der Waals surface area contributed by atoms with Crippen LogP contribution >= 0.6 is 15.9 Å². The largest absolute Gasteiger partial charge is 0.507 e. The molecule has 0 amide bonds. The fourth-order valence-corrected chi connectivity index (χ4v) is 1.84. The summed E-state index contributed by atoms with van der Waals surface area (Å²) < 4.78 is 11.0. The maximum absolute atomic E-state index is 11.8. The molecule has 0 radical (unpaired) electrons. The van der Waals surface area contributed by atoms with E-state index in [4.69, 9.17) is 9.15 Å². The van der Waals surface area contributed by atoms with Gasteiger partial charge in [-0.3, -0.25) is 0 Å². The molecule has 100 valence electrons. The Kier molecular flexibility index (Phi) is 3.90. The molecule has 1 aromatic heterocycles. The van der Waals surface area contributed by atoms with Gasteiger partial charge in [0.25, 0.3) is 0 Å². The first-order chi connectivity index (χ1) is 8.97. The first-order valence-corrected chi connectivity index (χ1v) is 6.35. The molecule has 1 aromatic carbocycles. The van der Waals surface area contributed by atoms with Gasteiger partial charge in [-0.2, -0.15) is 0 Å². The van der Waals surface area contributed by atoms with Crippen molar-refractivity contribution in [3.63, 3.8) is 0 Å². The molecule has 0 spiro atoms. The Bertz CT molecular complexity index is 602. The van der Waals surface area contributed by atoms with Gasteiger partial charge >= 0.3 is 5.97 Å². The first-order valence-electron chi connectivity index (χ1n) is 5.56. The molecule has 0 saturated carbocycles. The van der Waals surface area contributed by atoms with Crippen molar-refractivity contribution in [1.82, 2.24) is 4.98 Å². The molecule has 0 aliphatic heterocycles. The van der Waals surface area contributed by atoms with Gasteiger partial charge in [-0.05, 0) is 32.0 Å². The van der Waals surface area contributed by atoms with Gasteiger partial charge in [-0.25, -0.2) is 9.78 Å². The Hall–Kier alpha value is -1.82. The van der Waals surface area contributed by atoms with E-state index in [1.165, 1.54) is 12.1 Å². The van der Waals surface area contributed by atoms with Gasteiger partial charge in [-0.1, -0.05) is 15.9 Å². The first kappa shape index (κ1) is 13.6. The molecule has 0 atom stereocenters. The Morgan fingerprint density at radius 3 is 2.84 bits per heavy atom. The lowest BCUT2D eigenvalue weighted by atomic mass is 10.2. The number of phenols is 1. The summed E-state index contributed by atoms with van der Waals surface area (Å²) in [6, 6.07) is 4.54. The highest BCUT2D eigenvalue weighted by molar-refractivity contribution is 9.10. The molecular formula is C13H12BrNO4. The summed E-state index contributed by atoms with van der Waals surface area (Å²) in [6.07, 6.45) is 0. The fourth-order valence-electron chi connectivity index (χ4n) is 1.48. The van der Waals surface area contributed by atoms with Crippen LogP contribution < -0.4 is 0 Å². The zero-order valence-electron chi connectivity index (χ0n) is 10.4. The number of halogens is 1. The van der Waals surface area contributed by atoms with Crippen molar-refractivity contribution in [3.05, 3.63) is 45.6 Å². The average molecular weight is 326 g/mol. The highest BCUT2D eigenvalue weighted by Crippen LogP contribution is 2.23. The van der Waals surface area contributed by atoms with Crippen molar-refractivity contribution in [3.8, 4) is 5.75 Å². The van der Waals surface area contributed by atoms with Crippen LogP contribution in [0.3, 0.4) is 0 Å². The lowest BCUT2D eigenvalue weighted by Crippen LogP contribution is -2.05. The van der Waals surface area contributed by atoms with E-state index in [9.17, 15) is 9.90 Å². The van der Waals surface area contributed by atoms with Gasteiger partial charge in [-0.15, -0.1) is 0 Å². The van der Waals surface area contributed by atoms with Gasteiger partial charge in [0.15, 0.2) is 6.61 Å². The molecular weight excluding hydrogens is 314 g/mol. The number of carbonyl (C=O) groups is 1. The predicted molar refractivity (Wildman–Crippen MR) is 70.9 cm³/mol. The zero-order valence-corrected chi connectivity index (χ0v) is 12.0. The monoisotopic (exact) mass is 325 g/mol. The van der Waals surface area contributed by atoms with E-state index in [2.05, 4.69) is 20.9 Å². The molecule has 0 aliphatic rings. The summed E-state index contributed by atoms with van der Waals surface area (Å²) in [5.41, 5.74) is 0.853. The van der Waals surface area contributed by atoms with Crippen molar-refractivity contribution >= 4 is 21.9 Å². The highest BCUT2D eigenvalue weighted by atomic mass is 79.9. The van der Waals surface area contributed by atoms with E-state index >= 15 is 0 Å². The van der Waals surface area contributed by atoms with E-state index in [-0.39, 0.29) is 17.9 Å². The standard InChI is InChI=1S/C13H12BrNO4/c1-7-8(2)19-12(15-7)6-18-13(17)10-5-9(14)3-4-11(10)16/h3-5,16H,6H2,1-2H3. The minimum Gasteiger partial charge on any atom is -0.507 e. The Morgan fingerprint density at radius 2 is 2.21 bits per heavy atom. The van der Waals surface area contributed by atoms with E-state index in [1.54, 1.807) is 13.0 Å². The molecule has 2 rings (SSSR count). The van der Waals surface area contributed by atoms with Crippen molar-refractivity contribution in [1.29, 1.82) is 0 Å². The molecule has 0 bridgehead atoms. The second-order valence-electron chi connectivity index (χ2n) is 3.99. The molecule has 0 fully saturated rings. The van der Waals surface area contributed by atoms with E-state index in [1.807, 2.05) is 6.92 Å². The van der Waals surface area contributed by atoms with Gasteiger partial charge in [0.1, 0.15) is 17.1 Å². The minimum atomic E-state index is -0.632. The number of rotatable bonds is 3. The summed E-state index contributed by atoms with van der Waals surface area (Å²) >= 11 is 3.22. The molecule has 1 heterocycles. The number of oxazole rings is 1. The van der Waals surface area contributed by atoms with Crippen LogP contribution in [0.2, 0.25) is 0 Å². The number of esters is 1. The average Bonchev–Trinajstić information content (AvgIpc) is 2.69. The van der Waals surface area contributed by atoms with Crippen LogP contribution in [0.1, 0.15) is 27.7 Å². The number of carbonyl (C=O) groups excluding carboxylic acids is 1. The topological polar surface area (TPSA) is 72.6 Å². The lowest BCUT2D eigenvalue weighted by Gasteiger charge is -2.04. The molecule has 0 unspecified atom stereocenters. The fraction of sp³-hybridized carbons (Fsp3) is 0.231. The van der Waals surface area contributed by atoms with Crippen LogP contribution in [0.5, 0.6) is 5.75 Å². The molecule has 0 aliphatic carbocycles. The third-order valence-corrected chi connectivity index (χ3v) is 3.07. The summed E-state index contributed by atoms with van der Waals surface area (Å²) in [4.78, 5) is 15.9. The SMILES string of the molecule is Cc1nc(COC(=O)c2cc(Br)ccc2O)oc1C. The number of nitrogens with zero attached hydrogens (tertiary/aromatic N) is 1. The Morgan fingerprint density at radius 1 is 1.47 bits per heavy atom. The van der Waals surface area contributed by atoms with Crippen LogP contribution in [0.15, 0.2) is 27.1 Å². The molecule has 5 nitrogen and oxygen atoms in total. The molecule has 0 saturated heterocycles. The number of aromatic hydroxyl groups is 1. The predicted octanol–water partition coefficient (Wildman–Crippen LogP) is 3.12. The molecule has 2 aromatic rings. The van der Waals surface area contributed by atoms with E-state index in [0.717, 1.165) is 5.69 Å². The summed E-state index contributed by atoms with van der Waals surface area (Å²) in [5, 5.41) is 9.59. The maximum Gasteiger partial charge on any atom is 0.342 e. The second kappa shape index (κ2) is 5.44. The van der Waals surface area contributed by atoms with Crippen LogP contribution in [0.25, 0.3) is 0 Å². The summed E-state index contributed by atoms with van der Waals surface area (Å²) in [5.74, 6) is 0.259. The maximum atomic E-state index is 11.8. The Balaban J connectivity index is 2.07. The summed E-state index contributed by atoms with van der Waals surface area (Å²) in [6.45, 7) is 3.53. The van der Waals surface area contributed by atoms with Crippen molar-refractivity contribution in [2.24, 2.45) is 0 Å². The number of phenolic OH excluding ortho intramolecular Hbond substituents is 1. The van der Waals surface area contributed by atoms with Crippen LogP contribution in [-0.2, 0) is 11.3 Å². The number of hydrogen-bond acceptors (Lipinski definition) is 5. The molecule has 6 heteroatoms. The normalized spacial score (nSPS) is 10.5. The van der Waals surface area contributed by atoms with Crippen LogP contribution in [0, 0.1) is 13.8 Å². The van der Waals surface area contributed by atoms with Crippen LogP contribution in [0.4, 0.5) is 0 Å². The number of aryl methyl sites for hydroxylation is 2. The van der Waals surface area contributed by atoms with Crippen LogP contribution in [-0.4, -0.2) is 16.1 Å². The van der Waals surface area contributed by atoms with Gasteiger partial charge < -0.3 is 14.3 Å². The second-order valence-corrected chi connectivity index (χ2v) is 4.90. The van der Waals surface area contributed by atoms with Gasteiger partial charge in [0, 0.05) is 4.47 Å². The lowest BCUT2D eigenvalue weighted by molar-refractivity contribution is 0.0433. The highest BCUT2D eigenvalue weighted by Gasteiger charge is 2.15. The smallest absolute Gasteiger partial charge is 0.342 e. The van der Waals surface area contributed by atoms with E-state index in [0.29, 0.717) is 16.1 Å². The minimum absolute atomic E-state index is 0.0700. The number of benzene rings is 1. The van der Waals surface area contributed by atoms with Gasteiger partial charge in [0.2, 0.25) is 5.89 Å². The molecule has 1 N–H and O–H groups in total. The zero-order chi connectivity index (χ0) is 14.0. The number of aromatic nitrogens is 1. The number of ether oxygens (including phenoxy) is 1. The van der Waals surface area contributed by atoms with E-state index < -0.39 is 5.97 Å². The third kappa shape index (κ3) is 3.14. The van der Waals surface area contributed by atoms with Crippen molar-refractivity contribution in [2.45, 2.75) is 20.5 Å². The number of hydrogen-bond donors (Lipinski definition) is 1. The van der Waals surface area contributed by atoms with Crippen molar-refractivity contribution in [2.75, 3.05) is 0 Å².